The number of alkyl halides is 1. The van der Waals surface area contributed by atoms with Crippen molar-refractivity contribution in [2.24, 2.45) is 0 Å². The van der Waals surface area contributed by atoms with E-state index in [4.69, 9.17) is 30.2 Å². The van der Waals surface area contributed by atoms with Gasteiger partial charge in [-0.05, 0) is 32.0 Å². The van der Waals surface area contributed by atoms with Crippen LogP contribution in [0.1, 0.15) is 34.6 Å². The van der Waals surface area contributed by atoms with E-state index >= 15 is 0 Å². The molecule has 0 aromatic heterocycles. The molecule has 2 heterocycles. The van der Waals surface area contributed by atoms with Gasteiger partial charge in [0.2, 0.25) is 0 Å². The fourth-order valence-corrected chi connectivity index (χ4v) is 3.61. The summed E-state index contributed by atoms with van der Waals surface area (Å²) in [6.07, 6.45) is -0.504. The van der Waals surface area contributed by atoms with Crippen molar-refractivity contribution in [3.63, 3.8) is 0 Å². The summed E-state index contributed by atoms with van der Waals surface area (Å²) in [5.74, 6) is -0.596. The van der Waals surface area contributed by atoms with Crippen LogP contribution in [0, 0.1) is 0 Å². The number of hydrogen-bond acceptors (Lipinski definition) is 4. The molecule has 2 aliphatic rings. The second-order valence-electron chi connectivity index (χ2n) is 7.66. The third-order valence-corrected chi connectivity index (χ3v) is 9.36. The van der Waals surface area contributed by atoms with Crippen LogP contribution >= 0.6 is 11.6 Å². The Hall–Kier alpha value is 0.347. The van der Waals surface area contributed by atoms with Crippen molar-refractivity contribution in [1.82, 2.24) is 0 Å². The predicted molar refractivity (Wildman–Crippen MR) is 81.5 cm³/mol. The van der Waals surface area contributed by atoms with E-state index in [1.54, 1.807) is 0 Å². The van der Waals surface area contributed by atoms with E-state index in [9.17, 15) is 0 Å². The smallest absolute Gasteiger partial charge is 0.192 e. The molecule has 118 valence electrons. The molecule has 6 heteroatoms. The first-order chi connectivity index (χ1) is 8.93. The normalized spacial score (nSPS) is 37.2. The monoisotopic (exact) mass is 322 g/mol. The molecule has 2 saturated heterocycles. The molecular weight excluding hydrogens is 296 g/mol. The Morgan fingerprint density at radius 2 is 1.70 bits per heavy atom. The summed E-state index contributed by atoms with van der Waals surface area (Å²) in [5, 5.41) is 0.178. The zero-order chi connectivity index (χ0) is 15.3. The van der Waals surface area contributed by atoms with Gasteiger partial charge in [0.15, 0.2) is 19.7 Å². The van der Waals surface area contributed by atoms with Crippen LogP contribution < -0.4 is 0 Å². The first-order valence-corrected chi connectivity index (χ1v) is 10.6. The molecule has 0 aliphatic carbocycles. The van der Waals surface area contributed by atoms with Gasteiger partial charge in [-0.25, -0.2) is 0 Å². The first-order valence-electron chi connectivity index (χ1n) is 7.22. The molecule has 0 saturated carbocycles. The molecule has 0 amide bonds. The topological polar surface area (TPSA) is 36.9 Å². The van der Waals surface area contributed by atoms with E-state index in [0.717, 1.165) is 0 Å². The average molecular weight is 323 g/mol. The molecule has 4 atom stereocenters. The van der Waals surface area contributed by atoms with Gasteiger partial charge < -0.3 is 18.6 Å². The summed E-state index contributed by atoms with van der Waals surface area (Å²) >= 11 is 6.20. The zero-order valence-electron chi connectivity index (χ0n) is 13.5. The molecule has 2 fully saturated rings. The van der Waals surface area contributed by atoms with Crippen LogP contribution in [-0.2, 0) is 18.6 Å². The van der Waals surface area contributed by atoms with Crippen molar-refractivity contribution < 1.29 is 18.6 Å². The van der Waals surface area contributed by atoms with E-state index in [0.29, 0.717) is 6.61 Å². The Morgan fingerprint density at radius 1 is 1.15 bits per heavy atom. The lowest BCUT2D eigenvalue weighted by atomic mass is 10.2. The van der Waals surface area contributed by atoms with Gasteiger partial charge in [-0.3, -0.25) is 0 Å². The van der Waals surface area contributed by atoms with E-state index < -0.39 is 19.7 Å². The highest BCUT2D eigenvalue weighted by Gasteiger charge is 2.55. The lowest BCUT2D eigenvalue weighted by Crippen LogP contribution is -2.44. The molecule has 20 heavy (non-hydrogen) atoms. The average Bonchev–Trinajstić information content (AvgIpc) is 2.70. The van der Waals surface area contributed by atoms with Crippen LogP contribution in [0.4, 0.5) is 0 Å². The summed E-state index contributed by atoms with van der Waals surface area (Å²) in [4.78, 5) is 0. The maximum Gasteiger partial charge on any atom is 0.192 e. The molecule has 0 bridgehead atoms. The molecular formula is C14H27ClO4Si. The quantitative estimate of drug-likeness (QED) is 0.588. The minimum absolute atomic E-state index is 0.141. The number of hydrogen-bond donors (Lipinski definition) is 0. The van der Waals surface area contributed by atoms with Gasteiger partial charge in [0, 0.05) is 0 Å². The molecule has 0 spiro atoms. The number of rotatable bonds is 3. The molecule has 0 aromatic rings. The van der Waals surface area contributed by atoms with Crippen molar-refractivity contribution in [2.45, 2.75) is 82.4 Å². The van der Waals surface area contributed by atoms with Gasteiger partial charge in [-0.1, -0.05) is 32.4 Å². The minimum atomic E-state index is -1.79. The van der Waals surface area contributed by atoms with Crippen molar-refractivity contribution in [2.75, 3.05) is 6.61 Å². The van der Waals surface area contributed by atoms with Gasteiger partial charge in [0.25, 0.3) is 0 Å². The largest absolute Gasteiger partial charge is 0.414 e. The van der Waals surface area contributed by atoms with Crippen LogP contribution in [0.2, 0.25) is 18.1 Å². The molecule has 2 rings (SSSR count). The highest BCUT2D eigenvalue weighted by Crippen LogP contribution is 2.41. The maximum absolute atomic E-state index is 6.22. The van der Waals surface area contributed by atoms with Gasteiger partial charge in [-0.15, -0.1) is 0 Å². The van der Waals surface area contributed by atoms with Crippen LogP contribution in [0.25, 0.3) is 0 Å². The van der Waals surface area contributed by atoms with Gasteiger partial charge in [0.1, 0.15) is 18.3 Å². The van der Waals surface area contributed by atoms with Gasteiger partial charge in [-0.2, -0.15) is 0 Å². The lowest BCUT2D eigenvalue weighted by molar-refractivity contribution is -0.181. The number of ether oxygens (including phenoxy) is 3. The summed E-state index contributed by atoms with van der Waals surface area (Å²) in [6, 6.07) is 0. The van der Waals surface area contributed by atoms with Crippen LogP contribution in [0.5, 0.6) is 0 Å². The van der Waals surface area contributed by atoms with E-state index in [-0.39, 0.29) is 23.4 Å². The Bertz CT molecular complexity index is 367. The Labute approximate surface area is 128 Å². The van der Waals surface area contributed by atoms with E-state index in [1.165, 1.54) is 0 Å². The van der Waals surface area contributed by atoms with Gasteiger partial charge in [0.05, 0.1) is 6.61 Å². The van der Waals surface area contributed by atoms with Crippen LogP contribution in [0.15, 0.2) is 0 Å². The first kappa shape index (κ1) is 16.7. The fraction of sp³-hybridized carbons (Fsp3) is 1.00. The van der Waals surface area contributed by atoms with E-state index in [1.807, 2.05) is 13.8 Å². The van der Waals surface area contributed by atoms with Crippen molar-refractivity contribution in [3.05, 3.63) is 0 Å². The van der Waals surface area contributed by atoms with Crippen LogP contribution in [-0.4, -0.2) is 44.6 Å². The third kappa shape index (κ3) is 3.23. The van der Waals surface area contributed by atoms with Gasteiger partial charge >= 0.3 is 0 Å². The zero-order valence-corrected chi connectivity index (χ0v) is 15.3. The van der Waals surface area contributed by atoms with Crippen LogP contribution in [0.3, 0.4) is 0 Å². The second kappa shape index (κ2) is 5.21. The molecule has 2 aliphatic heterocycles. The van der Waals surface area contributed by atoms with Crippen molar-refractivity contribution in [1.29, 1.82) is 0 Å². The summed E-state index contributed by atoms with van der Waals surface area (Å²) in [7, 11) is -1.79. The number of halogens is 1. The predicted octanol–water partition coefficient (Wildman–Crippen LogP) is 3.49. The molecule has 0 N–H and O–H groups in total. The van der Waals surface area contributed by atoms with E-state index in [2.05, 4.69) is 33.9 Å². The number of fused-ring (bicyclic) bond motifs is 1. The lowest BCUT2D eigenvalue weighted by Gasteiger charge is -2.37. The molecule has 0 unspecified atom stereocenters. The molecule has 4 nitrogen and oxygen atoms in total. The van der Waals surface area contributed by atoms with Crippen molar-refractivity contribution in [3.8, 4) is 0 Å². The standard InChI is InChI=1S/C14H27ClO4Si/c1-13(2,3)20(6,7)16-8-9-10-11(12(15)17-9)19-14(4,5)18-10/h9-12H,8H2,1-7H3/t9-,10+,11+,12-/m0/s1. The summed E-state index contributed by atoms with van der Waals surface area (Å²) in [6.45, 7) is 15.4. The Morgan fingerprint density at radius 3 is 2.25 bits per heavy atom. The highest BCUT2D eigenvalue weighted by molar-refractivity contribution is 6.74. The second-order valence-corrected chi connectivity index (χ2v) is 12.9. The molecule has 0 radical (unpaired) electrons. The summed E-state index contributed by atoms with van der Waals surface area (Å²) < 4.78 is 23.7. The maximum atomic E-state index is 6.22. The van der Waals surface area contributed by atoms with Crippen molar-refractivity contribution >= 4 is 19.9 Å². The fourth-order valence-electron chi connectivity index (χ4n) is 2.27. The Kier molecular flexibility index (Phi) is 4.36. The third-order valence-electron chi connectivity index (χ3n) is 4.51. The Balaban J connectivity index is 1.98. The highest BCUT2D eigenvalue weighted by atomic mass is 35.5. The molecule has 0 aromatic carbocycles. The summed E-state index contributed by atoms with van der Waals surface area (Å²) in [5.41, 5.74) is -0.463. The minimum Gasteiger partial charge on any atom is -0.414 e. The SMILES string of the molecule is CC1(C)O[C@@H]2[C@H](O1)[C@H](CO[Si](C)(C)C(C)(C)C)O[C@@H]2Cl.